The quantitative estimate of drug-likeness (QED) is 0.721. The van der Waals surface area contributed by atoms with Gasteiger partial charge in [0.25, 0.3) is 5.91 Å². The van der Waals surface area contributed by atoms with E-state index in [9.17, 15) is 13.6 Å². The first kappa shape index (κ1) is 20.2. The number of amides is 1. The molecule has 0 saturated carbocycles. The lowest BCUT2D eigenvalue weighted by Gasteiger charge is -2.47. The minimum absolute atomic E-state index is 0.245. The highest BCUT2D eigenvalue weighted by Gasteiger charge is 2.40. The Bertz CT molecular complexity index is 963. The number of primary amides is 1. The molecule has 2 saturated heterocycles. The van der Waals surface area contributed by atoms with Crippen LogP contribution in [0.4, 0.5) is 20.5 Å². The van der Waals surface area contributed by atoms with Crippen molar-refractivity contribution in [2.75, 3.05) is 43.1 Å². The second-order valence-corrected chi connectivity index (χ2v) is 7.58. The van der Waals surface area contributed by atoms with Crippen molar-refractivity contribution in [3.8, 4) is 17.0 Å². The van der Waals surface area contributed by atoms with E-state index in [-0.39, 0.29) is 11.3 Å². The SMILES string of the molecule is COC1(C)CN(c2cc(-c3cnc(C(N)=O)c(OC(F)F)c3)nc(N3CCC3)n2)C1. The highest BCUT2D eigenvalue weighted by atomic mass is 19.3. The van der Waals surface area contributed by atoms with Crippen molar-refractivity contribution in [2.24, 2.45) is 5.73 Å². The molecule has 1 amide bonds. The molecule has 2 aromatic rings. The van der Waals surface area contributed by atoms with Gasteiger partial charge in [-0.15, -0.1) is 0 Å². The number of carbonyl (C=O) groups is 1. The van der Waals surface area contributed by atoms with Gasteiger partial charge in [-0.2, -0.15) is 13.8 Å². The Hall–Kier alpha value is -3.08. The van der Waals surface area contributed by atoms with Crippen LogP contribution in [0, 0.1) is 0 Å². The zero-order valence-corrected chi connectivity index (χ0v) is 16.6. The summed E-state index contributed by atoms with van der Waals surface area (Å²) in [6, 6.07) is 3.05. The van der Waals surface area contributed by atoms with Gasteiger partial charge in [0.05, 0.1) is 11.3 Å². The van der Waals surface area contributed by atoms with Crippen LogP contribution in [-0.2, 0) is 4.74 Å². The molecule has 2 aliphatic heterocycles. The predicted octanol–water partition coefficient (Wildman–Crippen LogP) is 1.67. The molecular formula is C19H22F2N6O3. The summed E-state index contributed by atoms with van der Waals surface area (Å²) in [5, 5.41) is 0. The smallest absolute Gasteiger partial charge is 0.387 e. The summed E-state index contributed by atoms with van der Waals surface area (Å²) in [6.45, 7) is 1.91. The standard InChI is InChI=1S/C19H22F2N6O3/c1-19(29-2)9-27(10-19)14-7-12(24-18(25-14)26-4-3-5-26)11-6-13(30-17(20)21)15(16(22)28)23-8-11/h6-8,17H,3-5,9-10H2,1-2H3,(H2,22,28). The number of pyridine rings is 1. The monoisotopic (exact) mass is 420 g/mol. The topological polar surface area (TPSA) is 107 Å². The zero-order chi connectivity index (χ0) is 21.5. The van der Waals surface area contributed by atoms with Crippen LogP contribution in [0.3, 0.4) is 0 Å². The summed E-state index contributed by atoms with van der Waals surface area (Å²) < 4.78 is 35.6. The zero-order valence-electron chi connectivity index (χ0n) is 16.6. The predicted molar refractivity (Wildman–Crippen MR) is 105 cm³/mol. The molecule has 30 heavy (non-hydrogen) atoms. The first-order valence-electron chi connectivity index (χ1n) is 9.47. The molecule has 2 aliphatic rings. The van der Waals surface area contributed by atoms with Crippen LogP contribution in [0.2, 0.25) is 0 Å². The second-order valence-electron chi connectivity index (χ2n) is 7.58. The third kappa shape index (κ3) is 3.84. The van der Waals surface area contributed by atoms with Crippen LogP contribution < -0.4 is 20.3 Å². The summed E-state index contributed by atoms with van der Waals surface area (Å²) in [5.74, 6) is -0.0975. The van der Waals surface area contributed by atoms with E-state index in [2.05, 4.69) is 24.6 Å². The molecule has 4 heterocycles. The molecule has 9 nitrogen and oxygen atoms in total. The molecule has 2 aromatic heterocycles. The van der Waals surface area contributed by atoms with E-state index >= 15 is 0 Å². The molecule has 2 fully saturated rings. The van der Waals surface area contributed by atoms with Crippen molar-refractivity contribution < 1.29 is 23.0 Å². The van der Waals surface area contributed by atoms with Gasteiger partial charge in [0.15, 0.2) is 11.4 Å². The Morgan fingerprint density at radius 2 is 1.97 bits per heavy atom. The molecule has 2 N–H and O–H groups in total. The van der Waals surface area contributed by atoms with Gasteiger partial charge in [-0.25, -0.2) is 9.97 Å². The molecule has 0 atom stereocenters. The Morgan fingerprint density at radius 3 is 2.53 bits per heavy atom. The van der Waals surface area contributed by atoms with Gasteiger partial charge in [0.2, 0.25) is 5.95 Å². The number of hydrogen-bond acceptors (Lipinski definition) is 8. The molecule has 0 aliphatic carbocycles. The van der Waals surface area contributed by atoms with Gasteiger partial charge < -0.3 is 25.0 Å². The maximum absolute atomic E-state index is 12.8. The molecule has 4 rings (SSSR count). The number of rotatable bonds is 7. The van der Waals surface area contributed by atoms with Gasteiger partial charge in [-0.3, -0.25) is 4.79 Å². The van der Waals surface area contributed by atoms with Crippen LogP contribution >= 0.6 is 0 Å². The van der Waals surface area contributed by atoms with Gasteiger partial charge in [-0.1, -0.05) is 0 Å². The van der Waals surface area contributed by atoms with E-state index < -0.39 is 18.3 Å². The van der Waals surface area contributed by atoms with E-state index in [0.717, 1.165) is 19.5 Å². The Balaban J connectivity index is 1.72. The van der Waals surface area contributed by atoms with Crippen LogP contribution in [0.5, 0.6) is 5.75 Å². The summed E-state index contributed by atoms with van der Waals surface area (Å²) in [5.41, 5.74) is 5.50. The van der Waals surface area contributed by atoms with Crippen molar-refractivity contribution >= 4 is 17.7 Å². The van der Waals surface area contributed by atoms with Crippen molar-refractivity contribution in [3.63, 3.8) is 0 Å². The van der Waals surface area contributed by atoms with Crippen LogP contribution in [0.25, 0.3) is 11.3 Å². The number of hydrogen-bond donors (Lipinski definition) is 1. The van der Waals surface area contributed by atoms with Crippen molar-refractivity contribution in [2.45, 2.75) is 25.6 Å². The average molecular weight is 420 g/mol. The molecule has 0 unspecified atom stereocenters. The minimum Gasteiger partial charge on any atom is -0.432 e. The summed E-state index contributed by atoms with van der Waals surface area (Å²) >= 11 is 0. The molecule has 160 valence electrons. The summed E-state index contributed by atoms with van der Waals surface area (Å²) in [4.78, 5) is 28.7. The first-order valence-corrected chi connectivity index (χ1v) is 9.47. The van der Waals surface area contributed by atoms with Crippen LogP contribution in [0.15, 0.2) is 18.3 Å². The number of ether oxygens (including phenoxy) is 2. The van der Waals surface area contributed by atoms with Gasteiger partial charge in [0, 0.05) is 51.1 Å². The van der Waals surface area contributed by atoms with E-state index in [1.807, 2.05) is 11.8 Å². The largest absolute Gasteiger partial charge is 0.432 e. The molecule has 0 bridgehead atoms. The Morgan fingerprint density at radius 1 is 1.23 bits per heavy atom. The number of aromatic nitrogens is 3. The highest BCUT2D eigenvalue weighted by Crippen LogP contribution is 2.34. The fraction of sp³-hybridized carbons (Fsp3) is 0.474. The van der Waals surface area contributed by atoms with E-state index in [4.69, 9.17) is 10.5 Å². The van der Waals surface area contributed by atoms with Crippen molar-refractivity contribution in [1.82, 2.24) is 15.0 Å². The fourth-order valence-electron chi connectivity index (χ4n) is 3.40. The van der Waals surface area contributed by atoms with Gasteiger partial charge in [0.1, 0.15) is 5.82 Å². The number of halogens is 2. The Kier molecular flexibility index (Phi) is 5.14. The Labute approximate surface area is 171 Å². The first-order chi connectivity index (χ1) is 14.3. The van der Waals surface area contributed by atoms with Gasteiger partial charge in [-0.05, 0) is 19.4 Å². The third-order valence-corrected chi connectivity index (χ3v) is 5.31. The second kappa shape index (κ2) is 7.63. The minimum atomic E-state index is -3.12. The third-order valence-electron chi connectivity index (χ3n) is 5.31. The van der Waals surface area contributed by atoms with Crippen LogP contribution in [0.1, 0.15) is 23.8 Å². The van der Waals surface area contributed by atoms with E-state index in [0.29, 0.717) is 36.1 Å². The number of alkyl halides is 2. The highest BCUT2D eigenvalue weighted by molar-refractivity contribution is 5.94. The molecular weight excluding hydrogens is 398 g/mol. The lowest BCUT2D eigenvalue weighted by molar-refractivity contribution is -0.0503. The fourth-order valence-corrected chi connectivity index (χ4v) is 3.40. The van der Waals surface area contributed by atoms with E-state index in [1.54, 1.807) is 13.2 Å². The lowest BCUT2D eigenvalue weighted by Crippen LogP contribution is -2.61. The van der Waals surface area contributed by atoms with Crippen LogP contribution in [-0.4, -0.2) is 66.4 Å². The van der Waals surface area contributed by atoms with Gasteiger partial charge >= 0.3 is 6.61 Å². The maximum Gasteiger partial charge on any atom is 0.387 e. The molecule has 0 aromatic carbocycles. The number of nitrogens with two attached hydrogens (primary N) is 1. The van der Waals surface area contributed by atoms with Crippen molar-refractivity contribution in [1.29, 1.82) is 0 Å². The van der Waals surface area contributed by atoms with E-state index in [1.165, 1.54) is 12.3 Å². The maximum atomic E-state index is 12.8. The van der Waals surface area contributed by atoms with Crippen molar-refractivity contribution in [3.05, 3.63) is 24.0 Å². The summed E-state index contributed by atoms with van der Waals surface area (Å²) in [6.07, 6.45) is 2.41. The summed E-state index contributed by atoms with van der Waals surface area (Å²) in [7, 11) is 1.67. The average Bonchev–Trinajstić information content (AvgIpc) is 2.63. The molecule has 0 spiro atoms. The lowest BCUT2D eigenvalue weighted by atomic mass is 9.96. The number of carbonyl (C=O) groups excluding carboxylic acids is 1. The molecule has 0 radical (unpaired) electrons. The number of methoxy groups -OCH3 is 1. The molecule has 11 heteroatoms. The number of nitrogens with zero attached hydrogens (tertiary/aromatic N) is 5. The normalized spacial score (nSPS) is 17.5. The number of anilines is 2.